The third-order valence-corrected chi connectivity index (χ3v) is 9.92. The monoisotopic (exact) mass is 593 g/mol. The maximum atomic E-state index is 15.0. The summed E-state index contributed by atoms with van der Waals surface area (Å²) in [5, 5.41) is 23.0. The lowest BCUT2D eigenvalue weighted by atomic mass is 9.49. The Labute approximate surface area is 253 Å². The summed E-state index contributed by atoms with van der Waals surface area (Å²) in [6, 6.07) is 21.1. The first-order valence-electron chi connectivity index (χ1n) is 14.6. The van der Waals surface area contributed by atoms with Gasteiger partial charge in [0, 0.05) is 11.5 Å². The molecule has 4 aliphatic rings. The van der Waals surface area contributed by atoms with Gasteiger partial charge in [-0.25, -0.2) is 0 Å². The lowest BCUT2D eigenvalue weighted by Crippen LogP contribution is -2.53. The number of benzene rings is 3. The number of ether oxygens (including phenoxy) is 1. The summed E-state index contributed by atoms with van der Waals surface area (Å²) in [4.78, 5) is 55.7. The average molecular weight is 594 g/mol. The van der Waals surface area contributed by atoms with Gasteiger partial charge in [-0.05, 0) is 61.6 Å². The Morgan fingerprint density at radius 2 is 1.64 bits per heavy atom. The molecule has 3 aromatic carbocycles. The maximum Gasteiger partial charge on any atom is 0.260 e. The number of carbonyl (C=O) groups is 4. The number of nitrogens with zero attached hydrogens (tertiary/aromatic N) is 2. The summed E-state index contributed by atoms with van der Waals surface area (Å²) in [7, 11) is 1.50. The van der Waals surface area contributed by atoms with Crippen molar-refractivity contribution in [3.8, 4) is 11.5 Å². The lowest BCUT2D eigenvalue weighted by Gasteiger charge is -2.50. The van der Waals surface area contributed by atoms with Crippen LogP contribution in [0.5, 0.6) is 11.5 Å². The van der Waals surface area contributed by atoms with E-state index in [1.165, 1.54) is 13.2 Å². The van der Waals surface area contributed by atoms with Crippen molar-refractivity contribution in [1.82, 2.24) is 10.1 Å². The zero-order valence-electron chi connectivity index (χ0n) is 24.1. The Hall–Kier alpha value is -4.96. The van der Waals surface area contributed by atoms with Crippen molar-refractivity contribution in [1.29, 1.82) is 0 Å². The number of nitrogens with one attached hydrogen (secondary N) is 1. The number of phenolic OH excluding ortho intramolecular Hbond substituents is 1. The zero-order valence-corrected chi connectivity index (χ0v) is 24.1. The van der Waals surface area contributed by atoms with Crippen LogP contribution in [0.1, 0.15) is 35.4 Å². The fourth-order valence-corrected chi connectivity index (χ4v) is 7.97. The summed E-state index contributed by atoms with van der Waals surface area (Å²) in [6.07, 6.45) is 2.11. The summed E-state index contributed by atoms with van der Waals surface area (Å²) in [5.74, 6) is -6.23. The van der Waals surface area contributed by atoms with Crippen LogP contribution in [0.15, 0.2) is 84.4 Å². The van der Waals surface area contributed by atoms with E-state index in [4.69, 9.17) is 4.74 Å². The van der Waals surface area contributed by atoms with Crippen molar-refractivity contribution in [3.05, 3.63) is 101 Å². The second-order valence-corrected chi connectivity index (χ2v) is 12.0. The number of phenols is 1. The molecule has 3 N–H and O–H groups in total. The zero-order chi connectivity index (χ0) is 30.9. The summed E-state index contributed by atoms with van der Waals surface area (Å²) >= 11 is 0. The van der Waals surface area contributed by atoms with E-state index in [1.54, 1.807) is 36.4 Å². The summed E-state index contributed by atoms with van der Waals surface area (Å²) < 4.78 is 5.52. The molecule has 10 heteroatoms. The molecule has 10 nitrogen and oxygen atoms in total. The van der Waals surface area contributed by atoms with Gasteiger partial charge in [0.25, 0.3) is 23.6 Å². The SMILES string of the molecule is COc1ccc(O)c([C@H]2C3=CC[C@@H]4C(=O)N(O)C(=O)[C@@H]4[C@@H]3C[C@H]3C(=O)N(Nc4ccc(C)cc4)C(=O)[C@@]23c2ccccc2)c1. The normalized spacial score (nSPS) is 29.2. The van der Waals surface area contributed by atoms with Gasteiger partial charge in [0.05, 0.1) is 36.0 Å². The highest BCUT2D eigenvalue weighted by Gasteiger charge is 2.70. The number of aromatic hydroxyl groups is 1. The molecule has 2 aliphatic heterocycles. The molecule has 0 spiro atoms. The molecule has 2 saturated heterocycles. The molecule has 1 saturated carbocycles. The molecular weight excluding hydrogens is 562 g/mol. The fourth-order valence-electron chi connectivity index (χ4n) is 7.97. The Balaban J connectivity index is 1.48. The number of hydrazine groups is 1. The number of amides is 4. The number of hydrogen-bond donors (Lipinski definition) is 3. The molecular formula is C34H31N3O7. The average Bonchev–Trinajstić information content (AvgIpc) is 3.39. The van der Waals surface area contributed by atoms with Gasteiger partial charge in [-0.3, -0.25) is 29.8 Å². The van der Waals surface area contributed by atoms with Crippen LogP contribution in [0.3, 0.4) is 0 Å². The van der Waals surface area contributed by atoms with E-state index in [1.807, 2.05) is 43.3 Å². The first-order valence-corrected chi connectivity index (χ1v) is 14.6. The van der Waals surface area contributed by atoms with Gasteiger partial charge in [-0.1, -0.05) is 59.7 Å². The number of carbonyl (C=O) groups excluding carboxylic acids is 4. The molecule has 2 aliphatic carbocycles. The highest BCUT2D eigenvalue weighted by atomic mass is 16.5. The number of hydroxylamine groups is 2. The highest BCUT2D eigenvalue weighted by molar-refractivity contribution is 6.13. The van der Waals surface area contributed by atoms with Crippen LogP contribution in [0.2, 0.25) is 0 Å². The Bertz CT molecular complexity index is 1740. The minimum atomic E-state index is -1.51. The molecule has 3 fully saturated rings. The predicted octanol–water partition coefficient (Wildman–Crippen LogP) is 4.08. The molecule has 2 heterocycles. The van der Waals surface area contributed by atoms with Crippen molar-refractivity contribution in [3.63, 3.8) is 0 Å². The topological polar surface area (TPSA) is 136 Å². The van der Waals surface area contributed by atoms with Crippen molar-refractivity contribution in [2.24, 2.45) is 23.7 Å². The number of hydrogen-bond acceptors (Lipinski definition) is 8. The van der Waals surface area contributed by atoms with Crippen LogP contribution in [-0.4, -0.2) is 51.1 Å². The van der Waals surface area contributed by atoms with E-state index in [2.05, 4.69) is 5.43 Å². The standard InChI is InChI=1S/C34H31N3O7/c1-18-8-10-20(11-9-18)35-36-31(40)26-17-24-22(13-14-23-28(24)32(41)37(43)30(23)39)29(25-16-21(44-2)12-15-27(25)38)34(26,33(36)42)19-6-4-3-5-7-19/h3-13,15-16,23-24,26,28-29,35,38,43H,14,17H2,1-2H3/t23-,24+,26-,28-,29+,34+/m0/s1. The maximum absolute atomic E-state index is 15.0. The Morgan fingerprint density at radius 1 is 0.909 bits per heavy atom. The number of fused-ring (bicyclic) bond motifs is 4. The van der Waals surface area contributed by atoms with Gasteiger partial charge in [0.2, 0.25) is 0 Å². The molecule has 0 radical (unpaired) electrons. The van der Waals surface area contributed by atoms with Crippen molar-refractivity contribution >= 4 is 29.3 Å². The largest absolute Gasteiger partial charge is 0.508 e. The van der Waals surface area contributed by atoms with Crippen molar-refractivity contribution in [2.45, 2.75) is 31.1 Å². The van der Waals surface area contributed by atoms with E-state index in [-0.39, 0.29) is 23.7 Å². The van der Waals surface area contributed by atoms with Gasteiger partial charge >= 0.3 is 0 Å². The highest BCUT2D eigenvalue weighted by Crippen LogP contribution is 2.65. The van der Waals surface area contributed by atoms with Crippen LogP contribution < -0.4 is 10.2 Å². The van der Waals surface area contributed by atoms with Gasteiger partial charge in [-0.15, -0.1) is 0 Å². The molecule has 0 unspecified atom stereocenters. The number of imide groups is 2. The molecule has 4 amide bonds. The molecule has 3 aromatic rings. The van der Waals surface area contributed by atoms with E-state index in [9.17, 15) is 29.5 Å². The van der Waals surface area contributed by atoms with Crippen LogP contribution >= 0.6 is 0 Å². The van der Waals surface area contributed by atoms with Crippen LogP contribution in [-0.2, 0) is 24.6 Å². The van der Waals surface area contributed by atoms with E-state index < -0.39 is 58.6 Å². The smallest absolute Gasteiger partial charge is 0.260 e. The Morgan fingerprint density at radius 3 is 2.34 bits per heavy atom. The van der Waals surface area contributed by atoms with Crippen molar-refractivity contribution < 1.29 is 34.2 Å². The number of methoxy groups -OCH3 is 1. The van der Waals surface area contributed by atoms with Crippen LogP contribution in [0.4, 0.5) is 5.69 Å². The predicted molar refractivity (Wildman–Crippen MR) is 157 cm³/mol. The first-order chi connectivity index (χ1) is 21.2. The van der Waals surface area contributed by atoms with Gasteiger partial charge in [-0.2, -0.15) is 10.1 Å². The third-order valence-electron chi connectivity index (χ3n) is 9.92. The number of anilines is 1. The lowest BCUT2D eigenvalue weighted by molar-refractivity contribution is -0.173. The quantitative estimate of drug-likeness (QED) is 0.229. The molecule has 0 bridgehead atoms. The van der Waals surface area contributed by atoms with E-state index in [0.29, 0.717) is 28.1 Å². The summed E-state index contributed by atoms with van der Waals surface area (Å²) in [5.41, 5.74) is 4.70. The molecule has 44 heavy (non-hydrogen) atoms. The van der Waals surface area contributed by atoms with Gasteiger partial charge < -0.3 is 9.84 Å². The molecule has 7 rings (SSSR count). The first kappa shape index (κ1) is 27.8. The molecule has 0 aromatic heterocycles. The van der Waals surface area contributed by atoms with E-state index in [0.717, 1.165) is 10.6 Å². The minimum absolute atomic E-state index is 0.0899. The van der Waals surface area contributed by atoms with Crippen LogP contribution in [0.25, 0.3) is 0 Å². The van der Waals surface area contributed by atoms with E-state index >= 15 is 0 Å². The third kappa shape index (κ3) is 3.77. The molecule has 224 valence electrons. The number of rotatable bonds is 5. The second kappa shape index (κ2) is 10.1. The fraction of sp³-hybridized carbons (Fsp3) is 0.294. The minimum Gasteiger partial charge on any atom is -0.508 e. The Kier molecular flexibility index (Phi) is 6.36. The van der Waals surface area contributed by atoms with Crippen molar-refractivity contribution in [2.75, 3.05) is 12.5 Å². The summed E-state index contributed by atoms with van der Waals surface area (Å²) in [6.45, 7) is 1.94. The number of aryl methyl sites for hydroxylation is 1. The second-order valence-electron chi connectivity index (χ2n) is 12.0. The van der Waals surface area contributed by atoms with Gasteiger partial charge in [0.15, 0.2) is 0 Å². The van der Waals surface area contributed by atoms with Crippen LogP contribution in [0, 0.1) is 30.6 Å². The number of allylic oxidation sites excluding steroid dienone is 2. The molecule has 6 atom stereocenters. The van der Waals surface area contributed by atoms with Gasteiger partial charge in [0.1, 0.15) is 11.5 Å².